The van der Waals surface area contributed by atoms with E-state index in [9.17, 15) is 14.4 Å². The summed E-state index contributed by atoms with van der Waals surface area (Å²) in [5.41, 5.74) is 7.02. The quantitative estimate of drug-likeness (QED) is 0.663. The monoisotopic (exact) mass is 482 g/mol. The summed E-state index contributed by atoms with van der Waals surface area (Å²) in [6.07, 6.45) is 4.68. The summed E-state index contributed by atoms with van der Waals surface area (Å²) < 4.78 is 5.55. The van der Waals surface area contributed by atoms with Crippen molar-refractivity contribution in [2.24, 2.45) is 5.73 Å². The molecule has 3 heterocycles. The third-order valence-corrected chi connectivity index (χ3v) is 8.61. The molecule has 35 heavy (non-hydrogen) atoms. The highest BCUT2D eigenvalue weighted by Gasteiger charge is 2.55. The molecular weight excluding hydrogens is 444 g/mol. The first-order chi connectivity index (χ1) is 16.8. The van der Waals surface area contributed by atoms with Gasteiger partial charge in [-0.25, -0.2) is 0 Å². The third-order valence-electron chi connectivity index (χ3n) is 8.61. The Kier molecular flexibility index (Phi) is 6.72. The maximum Gasteiger partial charge on any atom is 0.252 e. The van der Waals surface area contributed by atoms with Gasteiger partial charge in [0.25, 0.3) is 5.91 Å². The van der Waals surface area contributed by atoms with Gasteiger partial charge in [0.15, 0.2) is 5.78 Å². The Bertz CT molecular complexity index is 964. The van der Waals surface area contributed by atoms with Gasteiger partial charge in [0, 0.05) is 18.2 Å². The maximum atomic E-state index is 13.7. The molecule has 5 rings (SSSR count). The zero-order valence-electron chi connectivity index (χ0n) is 20.9. The van der Waals surface area contributed by atoms with Gasteiger partial charge in [0.2, 0.25) is 5.91 Å². The fraction of sp³-hybridized carbons (Fsp3) is 0.667. The molecule has 1 aromatic rings. The first kappa shape index (κ1) is 24.4. The molecule has 0 bridgehead atoms. The summed E-state index contributed by atoms with van der Waals surface area (Å²) in [5, 5.41) is 3.08. The predicted molar refractivity (Wildman–Crippen MR) is 132 cm³/mol. The molecule has 0 aromatic heterocycles. The summed E-state index contributed by atoms with van der Waals surface area (Å²) in [6, 6.07) is 7.44. The van der Waals surface area contributed by atoms with E-state index in [1.54, 1.807) is 4.90 Å². The lowest BCUT2D eigenvalue weighted by Crippen LogP contribution is -2.60. The molecule has 3 atom stereocenters. The number of piperidine rings is 1. The second-order valence-corrected chi connectivity index (χ2v) is 11.1. The first-order valence-electron chi connectivity index (χ1n) is 13.2. The minimum atomic E-state index is -0.989. The lowest BCUT2D eigenvalue weighted by molar-refractivity contribution is -0.142. The number of carbonyl (C=O) groups excluding carboxylic acids is 3. The van der Waals surface area contributed by atoms with E-state index < -0.39 is 17.7 Å². The number of hydrogen-bond acceptors (Lipinski definition) is 6. The number of nitrogens with two attached hydrogens (primary N) is 1. The van der Waals surface area contributed by atoms with E-state index in [0.717, 1.165) is 38.8 Å². The van der Waals surface area contributed by atoms with Crippen LogP contribution in [-0.2, 0) is 14.3 Å². The standard InChI is InChI=1S/C27H38N4O4/c1-17(2)30-13-9-19(10-14-30)18-5-7-20(8-6-18)25(33)29-27(11-3-4-12-27)26(34)31-15-21(28)24-23(31)22(32)16-35-24/h5-8,17,19,21,23-24H,3-4,9-16,28H2,1-2H3,(H,29,33)/t21-,23-,24-/m1/s1. The van der Waals surface area contributed by atoms with Gasteiger partial charge in [-0.3, -0.25) is 14.4 Å². The van der Waals surface area contributed by atoms with Gasteiger partial charge >= 0.3 is 0 Å². The molecular formula is C27H38N4O4. The Hall–Kier alpha value is -2.29. The van der Waals surface area contributed by atoms with Crippen molar-refractivity contribution in [2.45, 2.75) is 88.1 Å². The number of rotatable bonds is 5. The van der Waals surface area contributed by atoms with Crippen LogP contribution in [0.15, 0.2) is 24.3 Å². The van der Waals surface area contributed by atoms with Gasteiger partial charge in [-0.2, -0.15) is 0 Å². The van der Waals surface area contributed by atoms with Gasteiger partial charge in [0.1, 0.15) is 24.3 Å². The molecule has 1 aromatic carbocycles. The van der Waals surface area contributed by atoms with Crippen LogP contribution in [0.2, 0.25) is 0 Å². The van der Waals surface area contributed by atoms with E-state index in [4.69, 9.17) is 10.5 Å². The van der Waals surface area contributed by atoms with Crippen LogP contribution < -0.4 is 11.1 Å². The Morgan fingerprint density at radius 3 is 2.40 bits per heavy atom. The minimum absolute atomic E-state index is 0.00494. The number of fused-ring (bicyclic) bond motifs is 1. The number of benzene rings is 1. The van der Waals surface area contributed by atoms with Crippen molar-refractivity contribution in [3.63, 3.8) is 0 Å². The number of nitrogens with zero attached hydrogens (tertiary/aromatic N) is 2. The number of amides is 2. The summed E-state index contributed by atoms with van der Waals surface area (Å²) >= 11 is 0. The van der Waals surface area contributed by atoms with E-state index in [0.29, 0.717) is 30.4 Å². The highest BCUT2D eigenvalue weighted by Crippen LogP contribution is 2.36. The highest BCUT2D eigenvalue weighted by atomic mass is 16.5. The number of carbonyl (C=O) groups is 3. The molecule has 4 aliphatic rings. The van der Waals surface area contributed by atoms with Gasteiger partial charge in [-0.05, 0) is 76.2 Å². The molecule has 3 saturated heterocycles. The average molecular weight is 483 g/mol. The predicted octanol–water partition coefficient (Wildman–Crippen LogP) is 1.82. The van der Waals surface area contributed by atoms with Crippen LogP contribution in [0, 0.1) is 0 Å². The Morgan fingerprint density at radius 2 is 1.77 bits per heavy atom. The van der Waals surface area contributed by atoms with Gasteiger partial charge in [-0.1, -0.05) is 25.0 Å². The number of ketones is 1. The number of nitrogens with one attached hydrogen (secondary N) is 1. The normalized spacial score (nSPS) is 29.1. The largest absolute Gasteiger partial charge is 0.366 e. The summed E-state index contributed by atoms with van der Waals surface area (Å²) in [4.78, 5) is 43.5. The van der Waals surface area contributed by atoms with Gasteiger partial charge in [-0.15, -0.1) is 0 Å². The van der Waals surface area contributed by atoms with Crippen molar-refractivity contribution >= 4 is 17.6 Å². The van der Waals surface area contributed by atoms with Crippen molar-refractivity contribution in [3.8, 4) is 0 Å². The highest BCUT2D eigenvalue weighted by molar-refractivity contribution is 6.01. The maximum absolute atomic E-state index is 13.7. The third kappa shape index (κ3) is 4.52. The Balaban J connectivity index is 1.27. The summed E-state index contributed by atoms with van der Waals surface area (Å²) in [7, 11) is 0. The van der Waals surface area contributed by atoms with Crippen LogP contribution in [-0.4, -0.2) is 83.4 Å². The van der Waals surface area contributed by atoms with Crippen molar-refractivity contribution in [3.05, 3.63) is 35.4 Å². The average Bonchev–Trinajstić information content (AvgIpc) is 3.57. The Morgan fingerprint density at radius 1 is 1.11 bits per heavy atom. The van der Waals surface area contributed by atoms with E-state index in [-0.39, 0.29) is 36.8 Å². The molecule has 1 aliphatic carbocycles. The lowest BCUT2D eigenvalue weighted by Gasteiger charge is -2.35. The van der Waals surface area contributed by atoms with Crippen LogP contribution in [0.1, 0.15) is 74.2 Å². The van der Waals surface area contributed by atoms with E-state index in [1.165, 1.54) is 5.56 Å². The van der Waals surface area contributed by atoms with E-state index >= 15 is 0 Å². The molecule has 0 spiro atoms. The lowest BCUT2D eigenvalue weighted by atomic mass is 9.88. The van der Waals surface area contributed by atoms with Crippen LogP contribution in [0.5, 0.6) is 0 Å². The molecule has 190 valence electrons. The molecule has 8 heteroatoms. The topological polar surface area (TPSA) is 105 Å². The number of likely N-dealkylation sites (tertiary alicyclic amines) is 2. The fourth-order valence-electron chi connectivity index (χ4n) is 6.49. The van der Waals surface area contributed by atoms with Crippen molar-refractivity contribution < 1.29 is 19.1 Å². The van der Waals surface area contributed by atoms with Crippen molar-refractivity contribution in [1.82, 2.24) is 15.1 Å². The Labute approximate surface area is 207 Å². The SMILES string of the molecule is CC(C)N1CCC(c2ccc(C(=O)NC3(C(=O)N4C[C@@H](N)[C@H]5OCC(=O)[C@H]54)CCCC3)cc2)CC1. The first-order valence-corrected chi connectivity index (χ1v) is 13.2. The molecule has 3 aliphatic heterocycles. The van der Waals surface area contributed by atoms with Gasteiger partial charge in [0.05, 0.1) is 6.04 Å². The van der Waals surface area contributed by atoms with Crippen LogP contribution in [0.3, 0.4) is 0 Å². The van der Waals surface area contributed by atoms with Crippen LogP contribution >= 0.6 is 0 Å². The molecule has 3 N–H and O–H groups in total. The van der Waals surface area contributed by atoms with Crippen LogP contribution in [0.25, 0.3) is 0 Å². The molecule has 2 amide bonds. The smallest absolute Gasteiger partial charge is 0.252 e. The zero-order valence-corrected chi connectivity index (χ0v) is 20.9. The van der Waals surface area contributed by atoms with Crippen molar-refractivity contribution in [2.75, 3.05) is 26.2 Å². The number of Topliss-reactive ketones (excluding diaryl/α,β-unsaturated/α-hetero) is 1. The molecule has 0 radical (unpaired) electrons. The molecule has 1 saturated carbocycles. The van der Waals surface area contributed by atoms with Gasteiger partial charge < -0.3 is 25.6 Å². The molecule has 0 unspecified atom stereocenters. The molecule has 8 nitrogen and oxygen atoms in total. The minimum Gasteiger partial charge on any atom is -0.366 e. The number of hydrogen-bond donors (Lipinski definition) is 2. The summed E-state index contributed by atoms with van der Waals surface area (Å²) in [5.74, 6) is -0.0249. The fourth-order valence-corrected chi connectivity index (χ4v) is 6.49. The second-order valence-electron chi connectivity index (χ2n) is 11.1. The molecule has 4 fully saturated rings. The van der Waals surface area contributed by atoms with E-state index in [2.05, 4.69) is 36.2 Å². The second kappa shape index (κ2) is 9.64. The summed E-state index contributed by atoms with van der Waals surface area (Å²) in [6.45, 7) is 6.96. The number of ether oxygens (including phenoxy) is 1. The van der Waals surface area contributed by atoms with E-state index in [1.807, 2.05) is 12.1 Å². The van der Waals surface area contributed by atoms with Crippen molar-refractivity contribution in [1.29, 1.82) is 0 Å². The van der Waals surface area contributed by atoms with Crippen LogP contribution in [0.4, 0.5) is 0 Å². The zero-order chi connectivity index (χ0) is 24.7.